The van der Waals surface area contributed by atoms with Crippen LogP contribution < -0.4 is 9.64 Å². The van der Waals surface area contributed by atoms with Gasteiger partial charge in [0.05, 0.1) is 5.69 Å². The molecule has 0 aromatic heterocycles. The number of amides is 2. The minimum Gasteiger partial charge on any atom is -0.434 e. The van der Waals surface area contributed by atoms with Crippen LogP contribution in [0, 0.1) is 12.7 Å². The zero-order chi connectivity index (χ0) is 16.7. The van der Waals surface area contributed by atoms with Gasteiger partial charge in [-0.05, 0) is 44.2 Å². The summed E-state index contributed by atoms with van der Waals surface area (Å²) in [6.07, 6.45) is 2.54. The molecular formula is C16H14F3NO3. The average Bonchev–Trinajstić information content (AvgIpc) is 2.74. The predicted molar refractivity (Wildman–Crippen MR) is 75.8 cm³/mol. The van der Waals surface area contributed by atoms with E-state index in [1.807, 2.05) is 0 Å². The van der Waals surface area contributed by atoms with Crippen LogP contribution in [0.15, 0.2) is 23.3 Å². The van der Waals surface area contributed by atoms with Crippen molar-refractivity contribution in [2.24, 2.45) is 0 Å². The first-order valence-corrected chi connectivity index (χ1v) is 7.26. The molecule has 1 aromatic carbocycles. The Labute approximate surface area is 130 Å². The highest BCUT2D eigenvalue weighted by Gasteiger charge is 2.41. The van der Waals surface area contributed by atoms with Crippen LogP contribution >= 0.6 is 0 Å². The second-order valence-electron chi connectivity index (χ2n) is 5.56. The molecule has 1 aromatic rings. The molecule has 0 bridgehead atoms. The van der Waals surface area contributed by atoms with E-state index in [1.54, 1.807) is 0 Å². The molecule has 7 heteroatoms. The summed E-state index contributed by atoms with van der Waals surface area (Å²) in [5.74, 6) is -2.24. The lowest BCUT2D eigenvalue weighted by molar-refractivity contribution is -0.120. The number of alkyl halides is 2. The molecule has 0 spiro atoms. The maximum atomic E-state index is 14.2. The van der Waals surface area contributed by atoms with Crippen molar-refractivity contribution in [2.45, 2.75) is 39.2 Å². The summed E-state index contributed by atoms with van der Waals surface area (Å²) < 4.78 is 43.4. The van der Waals surface area contributed by atoms with Gasteiger partial charge >= 0.3 is 6.61 Å². The molecule has 0 radical (unpaired) electrons. The fourth-order valence-corrected chi connectivity index (χ4v) is 2.99. The smallest absolute Gasteiger partial charge is 0.387 e. The number of anilines is 1. The van der Waals surface area contributed by atoms with Crippen LogP contribution in [-0.2, 0) is 9.59 Å². The first-order valence-electron chi connectivity index (χ1n) is 7.26. The maximum absolute atomic E-state index is 14.2. The molecule has 1 heterocycles. The lowest BCUT2D eigenvalue weighted by atomic mass is 9.93. The molecule has 0 fully saturated rings. The van der Waals surface area contributed by atoms with E-state index in [-0.39, 0.29) is 17.0 Å². The Morgan fingerprint density at radius 2 is 1.65 bits per heavy atom. The normalized spacial score (nSPS) is 18.0. The van der Waals surface area contributed by atoms with Crippen molar-refractivity contribution in [3.05, 3.63) is 34.7 Å². The van der Waals surface area contributed by atoms with Crippen LogP contribution in [0.2, 0.25) is 0 Å². The zero-order valence-corrected chi connectivity index (χ0v) is 12.4. The highest BCUT2D eigenvalue weighted by Crippen LogP contribution is 2.38. The summed E-state index contributed by atoms with van der Waals surface area (Å²) in [4.78, 5) is 25.6. The van der Waals surface area contributed by atoms with Gasteiger partial charge in [-0.3, -0.25) is 9.59 Å². The lowest BCUT2D eigenvalue weighted by Gasteiger charge is -2.18. The molecule has 0 saturated heterocycles. The molecule has 0 N–H and O–H groups in total. The Bertz CT molecular complexity index is 700. The van der Waals surface area contributed by atoms with Gasteiger partial charge in [0.15, 0.2) is 0 Å². The van der Waals surface area contributed by atoms with Gasteiger partial charge in [-0.15, -0.1) is 0 Å². The fraction of sp³-hybridized carbons (Fsp3) is 0.375. The number of carbonyl (C=O) groups excluding carboxylic acids is 2. The fourth-order valence-electron chi connectivity index (χ4n) is 2.99. The van der Waals surface area contributed by atoms with Gasteiger partial charge in [0.25, 0.3) is 11.8 Å². The van der Waals surface area contributed by atoms with Crippen LogP contribution in [0.1, 0.15) is 31.2 Å². The van der Waals surface area contributed by atoms with Crippen molar-refractivity contribution < 1.29 is 27.5 Å². The van der Waals surface area contributed by atoms with Crippen LogP contribution in [0.25, 0.3) is 0 Å². The van der Waals surface area contributed by atoms with E-state index in [1.165, 1.54) is 6.92 Å². The van der Waals surface area contributed by atoms with Crippen LogP contribution in [-0.4, -0.2) is 18.4 Å². The summed E-state index contributed by atoms with van der Waals surface area (Å²) in [5, 5.41) is 0. The number of hydrogen-bond donors (Lipinski definition) is 0. The minimum atomic E-state index is -3.08. The molecule has 2 amide bonds. The van der Waals surface area contributed by atoms with Crippen molar-refractivity contribution in [1.29, 1.82) is 0 Å². The summed E-state index contributed by atoms with van der Waals surface area (Å²) in [6, 6.07) is 1.95. The zero-order valence-electron chi connectivity index (χ0n) is 12.4. The highest BCUT2D eigenvalue weighted by molar-refractivity contribution is 6.33. The monoisotopic (exact) mass is 325 g/mol. The molecule has 122 valence electrons. The van der Waals surface area contributed by atoms with Gasteiger partial charge in [-0.1, -0.05) is 0 Å². The highest BCUT2D eigenvalue weighted by atomic mass is 19.3. The average molecular weight is 325 g/mol. The third-order valence-electron chi connectivity index (χ3n) is 4.09. The van der Waals surface area contributed by atoms with Gasteiger partial charge in [0, 0.05) is 17.2 Å². The number of aryl methyl sites for hydroxylation is 1. The summed E-state index contributed by atoms with van der Waals surface area (Å²) in [5.41, 5.74) is 0.606. The van der Waals surface area contributed by atoms with Gasteiger partial charge in [-0.2, -0.15) is 8.78 Å². The molecule has 4 nitrogen and oxygen atoms in total. The topological polar surface area (TPSA) is 46.6 Å². The van der Waals surface area contributed by atoms with E-state index in [0.29, 0.717) is 24.0 Å². The first-order chi connectivity index (χ1) is 10.9. The van der Waals surface area contributed by atoms with Gasteiger partial charge < -0.3 is 4.74 Å². The predicted octanol–water partition coefficient (Wildman–Crippen LogP) is 3.48. The summed E-state index contributed by atoms with van der Waals surface area (Å²) in [6.45, 7) is -1.68. The van der Waals surface area contributed by atoms with E-state index in [4.69, 9.17) is 0 Å². The van der Waals surface area contributed by atoms with Crippen molar-refractivity contribution in [3.63, 3.8) is 0 Å². The molecule has 0 saturated carbocycles. The number of ether oxygens (including phenoxy) is 1. The number of carbonyl (C=O) groups is 2. The van der Waals surface area contributed by atoms with Crippen LogP contribution in [0.3, 0.4) is 0 Å². The molecule has 3 rings (SSSR count). The Morgan fingerprint density at radius 3 is 2.17 bits per heavy atom. The molecule has 0 atom stereocenters. The van der Waals surface area contributed by atoms with Gasteiger partial charge in [-0.25, -0.2) is 9.29 Å². The van der Waals surface area contributed by atoms with Crippen molar-refractivity contribution >= 4 is 17.5 Å². The summed E-state index contributed by atoms with van der Waals surface area (Å²) in [7, 11) is 0. The van der Waals surface area contributed by atoms with Crippen molar-refractivity contribution in [2.75, 3.05) is 4.90 Å². The number of rotatable bonds is 3. The van der Waals surface area contributed by atoms with Crippen molar-refractivity contribution in [1.82, 2.24) is 0 Å². The maximum Gasteiger partial charge on any atom is 0.387 e. The Balaban J connectivity index is 2.02. The second kappa shape index (κ2) is 5.72. The molecule has 1 aliphatic heterocycles. The minimum absolute atomic E-state index is 0.156. The Hall–Kier alpha value is -2.31. The third-order valence-corrected chi connectivity index (χ3v) is 4.09. The molecule has 0 unspecified atom stereocenters. The van der Waals surface area contributed by atoms with Crippen molar-refractivity contribution in [3.8, 4) is 5.75 Å². The molecular weight excluding hydrogens is 311 g/mol. The lowest BCUT2D eigenvalue weighted by Crippen LogP contribution is -2.32. The quantitative estimate of drug-likeness (QED) is 0.799. The number of halogens is 3. The SMILES string of the molecule is Cc1cc(F)c(N2C(=O)C3=C(CCCC3)C2=O)cc1OC(F)F. The van der Waals surface area contributed by atoms with Gasteiger partial charge in [0.1, 0.15) is 11.6 Å². The number of hydrogen-bond acceptors (Lipinski definition) is 3. The number of benzene rings is 1. The number of nitrogens with zero attached hydrogens (tertiary/aromatic N) is 1. The van der Waals surface area contributed by atoms with E-state index in [0.717, 1.165) is 29.9 Å². The van der Waals surface area contributed by atoms with Crippen LogP contribution in [0.5, 0.6) is 5.75 Å². The molecule has 2 aliphatic rings. The largest absolute Gasteiger partial charge is 0.434 e. The Kier molecular flexibility index (Phi) is 3.87. The second-order valence-corrected chi connectivity index (χ2v) is 5.56. The number of imide groups is 1. The molecule has 1 aliphatic carbocycles. The van der Waals surface area contributed by atoms with E-state index < -0.39 is 24.2 Å². The Morgan fingerprint density at radius 1 is 1.09 bits per heavy atom. The first kappa shape index (κ1) is 15.6. The third kappa shape index (κ3) is 2.60. The van der Waals surface area contributed by atoms with E-state index in [9.17, 15) is 22.8 Å². The van der Waals surface area contributed by atoms with E-state index >= 15 is 0 Å². The standard InChI is InChI=1S/C16H14F3NO3/c1-8-6-11(17)12(7-13(8)23-16(18)19)20-14(21)9-4-2-3-5-10(9)15(20)22/h6-7,16H,2-5H2,1H3. The molecule has 23 heavy (non-hydrogen) atoms. The van der Waals surface area contributed by atoms with Crippen LogP contribution in [0.4, 0.5) is 18.9 Å². The van der Waals surface area contributed by atoms with Gasteiger partial charge in [0.2, 0.25) is 0 Å². The van der Waals surface area contributed by atoms with E-state index in [2.05, 4.69) is 4.74 Å². The summed E-state index contributed by atoms with van der Waals surface area (Å²) >= 11 is 0.